The van der Waals surface area contributed by atoms with Crippen molar-refractivity contribution in [2.75, 3.05) is 42.7 Å². The van der Waals surface area contributed by atoms with Gasteiger partial charge in [0.1, 0.15) is 22.5 Å². The van der Waals surface area contributed by atoms with Gasteiger partial charge in [-0.15, -0.1) is 0 Å². The smallest absolute Gasteiger partial charge is 0.211 e. The molecule has 0 amide bonds. The molecule has 4 aromatic heterocycles. The fourth-order valence-electron chi connectivity index (χ4n) is 3.53. The Bertz CT molecular complexity index is 1350. The molecule has 5 heterocycles. The number of sulfonamides is 1. The van der Waals surface area contributed by atoms with Gasteiger partial charge in [0.25, 0.3) is 0 Å². The molecule has 1 N–H and O–H groups in total. The van der Waals surface area contributed by atoms with Gasteiger partial charge in [0.15, 0.2) is 5.13 Å². The Hall–Kier alpha value is -3.22. The lowest BCUT2D eigenvalue weighted by atomic mass is 10.2. The zero-order chi connectivity index (χ0) is 22.1. The second-order valence-corrected chi connectivity index (χ2v) is 10.3. The molecule has 10 nitrogen and oxygen atoms in total. The number of piperazine rings is 1. The monoisotopic (exact) mass is 468 g/mol. The maximum absolute atomic E-state index is 11.7. The fourth-order valence-corrected chi connectivity index (χ4v) is 5.21. The van der Waals surface area contributed by atoms with Crippen molar-refractivity contribution in [3.8, 4) is 11.3 Å². The molecule has 32 heavy (non-hydrogen) atoms. The Labute approximate surface area is 189 Å². The molecule has 0 saturated carbocycles. The highest BCUT2D eigenvalue weighted by Crippen LogP contribution is 2.29. The predicted molar refractivity (Wildman–Crippen MR) is 125 cm³/mol. The predicted octanol–water partition coefficient (Wildman–Crippen LogP) is 2.37. The van der Waals surface area contributed by atoms with Gasteiger partial charge in [0.2, 0.25) is 10.0 Å². The summed E-state index contributed by atoms with van der Waals surface area (Å²) in [5.74, 6) is 0.670. The Morgan fingerprint density at radius 2 is 1.81 bits per heavy atom. The molecular weight excluding hydrogens is 448 g/mol. The second-order valence-electron chi connectivity index (χ2n) is 7.34. The highest BCUT2D eigenvalue weighted by atomic mass is 32.2. The maximum Gasteiger partial charge on any atom is 0.211 e. The first-order valence-corrected chi connectivity index (χ1v) is 12.6. The van der Waals surface area contributed by atoms with E-state index in [9.17, 15) is 8.42 Å². The van der Waals surface area contributed by atoms with Crippen molar-refractivity contribution in [2.45, 2.75) is 0 Å². The highest BCUT2D eigenvalue weighted by Gasteiger charge is 2.23. The van der Waals surface area contributed by atoms with Crippen molar-refractivity contribution in [1.29, 1.82) is 0 Å². The van der Waals surface area contributed by atoms with E-state index in [0.29, 0.717) is 37.1 Å². The van der Waals surface area contributed by atoms with Gasteiger partial charge in [-0.1, -0.05) is 11.3 Å². The Morgan fingerprint density at radius 3 is 2.56 bits per heavy atom. The summed E-state index contributed by atoms with van der Waals surface area (Å²) < 4.78 is 25.0. The van der Waals surface area contributed by atoms with Crippen LogP contribution in [0.1, 0.15) is 0 Å². The van der Waals surface area contributed by atoms with Crippen LogP contribution < -0.4 is 10.2 Å². The summed E-state index contributed by atoms with van der Waals surface area (Å²) >= 11 is 1.44. The van der Waals surface area contributed by atoms with Crippen LogP contribution in [0.2, 0.25) is 0 Å². The lowest BCUT2D eigenvalue weighted by Gasteiger charge is -2.34. The summed E-state index contributed by atoms with van der Waals surface area (Å²) in [4.78, 5) is 24.7. The normalized spacial score (nSPS) is 15.2. The number of rotatable bonds is 5. The third-order valence-corrected chi connectivity index (χ3v) is 7.35. The number of hydrogen-bond acceptors (Lipinski definition) is 10. The first kappa shape index (κ1) is 20.7. The number of nitrogens with one attached hydrogen (secondary N) is 1. The van der Waals surface area contributed by atoms with Gasteiger partial charge < -0.3 is 10.2 Å². The average Bonchev–Trinajstić information content (AvgIpc) is 3.21. The van der Waals surface area contributed by atoms with Crippen molar-refractivity contribution in [1.82, 2.24) is 29.2 Å². The molecule has 1 aliphatic heterocycles. The van der Waals surface area contributed by atoms with Crippen molar-refractivity contribution in [3.63, 3.8) is 0 Å². The lowest BCUT2D eigenvalue weighted by molar-refractivity contribution is 0.388. The van der Waals surface area contributed by atoms with Crippen LogP contribution in [-0.2, 0) is 10.0 Å². The van der Waals surface area contributed by atoms with Gasteiger partial charge >= 0.3 is 0 Å². The quantitative estimate of drug-likeness (QED) is 0.471. The molecule has 1 saturated heterocycles. The number of aromatic nitrogens is 5. The summed E-state index contributed by atoms with van der Waals surface area (Å²) in [5.41, 5.74) is 3.43. The van der Waals surface area contributed by atoms with Crippen molar-refractivity contribution >= 4 is 48.3 Å². The number of hydrogen-bond donors (Lipinski definition) is 1. The number of thiazole rings is 1. The van der Waals surface area contributed by atoms with E-state index < -0.39 is 10.0 Å². The summed E-state index contributed by atoms with van der Waals surface area (Å²) in [6.07, 6.45) is 7.93. The van der Waals surface area contributed by atoms with Crippen LogP contribution in [0.3, 0.4) is 0 Å². The average molecular weight is 469 g/mol. The molecule has 5 rings (SSSR count). The number of anilines is 3. The van der Waals surface area contributed by atoms with E-state index in [1.54, 1.807) is 18.6 Å². The molecule has 0 spiro atoms. The van der Waals surface area contributed by atoms with Crippen LogP contribution >= 0.6 is 11.3 Å². The fraction of sp³-hybridized carbons (Fsp3) is 0.250. The zero-order valence-electron chi connectivity index (χ0n) is 17.2. The van der Waals surface area contributed by atoms with Crippen LogP contribution in [0, 0.1) is 0 Å². The van der Waals surface area contributed by atoms with E-state index in [1.165, 1.54) is 28.2 Å². The third-order valence-electron chi connectivity index (χ3n) is 5.16. The molecule has 0 aromatic carbocycles. The number of fused-ring (bicyclic) bond motifs is 1. The molecule has 1 fully saturated rings. The van der Waals surface area contributed by atoms with Gasteiger partial charge in [0.05, 0.1) is 11.9 Å². The minimum absolute atomic E-state index is 0.474. The van der Waals surface area contributed by atoms with E-state index in [2.05, 4.69) is 35.1 Å². The van der Waals surface area contributed by atoms with Crippen LogP contribution in [0.5, 0.6) is 0 Å². The van der Waals surface area contributed by atoms with Crippen LogP contribution in [0.15, 0.2) is 49.2 Å². The third kappa shape index (κ3) is 4.38. The topological polar surface area (TPSA) is 117 Å². The molecule has 0 unspecified atom stereocenters. The molecular formula is C20H20N8O2S2. The number of nitrogens with zero attached hydrogens (tertiary/aromatic N) is 7. The second kappa shape index (κ2) is 8.37. The van der Waals surface area contributed by atoms with Crippen molar-refractivity contribution in [3.05, 3.63) is 49.2 Å². The summed E-state index contributed by atoms with van der Waals surface area (Å²) in [5, 5.41) is 3.96. The molecule has 12 heteroatoms. The SMILES string of the molecule is CS(=O)(=O)N1CCN(c2ccnc(Nc3nc4ccc(-c5cncnc5)nc4s3)c2)CC1. The molecule has 0 bridgehead atoms. The molecule has 164 valence electrons. The van der Waals surface area contributed by atoms with Crippen molar-refractivity contribution in [2.24, 2.45) is 0 Å². The Kier molecular flexibility index (Phi) is 5.41. The highest BCUT2D eigenvalue weighted by molar-refractivity contribution is 7.88. The van der Waals surface area contributed by atoms with Crippen molar-refractivity contribution < 1.29 is 8.42 Å². The lowest BCUT2D eigenvalue weighted by Crippen LogP contribution is -2.48. The Morgan fingerprint density at radius 1 is 1.03 bits per heavy atom. The van der Waals surface area contributed by atoms with Gasteiger partial charge in [-0.2, -0.15) is 4.31 Å². The zero-order valence-corrected chi connectivity index (χ0v) is 18.8. The molecule has 1 aliphatic rings. The molecule has 0 aliphatic carbocycles. The van der Waals surface area contributed by atoms with Gasteiger partial charge in [0, 0.05) is 62.1 Å². The van der Waals surface area contributed by atoms with Crippen LogP contribution in [-0.4, -0.2) is 70.1 Å². The van der Waals surface area contributed by atoms with Crippen LogP contribution in [0.25, 0.3) is 21.6 Å². The largest absolute Gasteiger partial charge is 0.369 e. The summed E-state index contributed by atoms with van der Waals surface area (Å²) in [6, 6.07) is 7.70. The van der Waals surface area contributed by atoms with Crippen LogP contribution in [0.4, 0.5) is 16.6 Å². The molecule has 4 aromatic rings. The first-order chi connectivity index (χ1) is 15.5. The summed E-state index contributed by atoms with van der Waals surface area (Å²) in [7, 11) is -3.15. The van der Waals surface area contributed by atoms with Gasteiger partial charge in [-0.25, -0.2) is 33.3 Å². The van der Waals surface area contributed by atoms with E-state index in [-0.39, 0.29) is 0 Å². The minimum Gasteiger partial charge on any atom is -0.369 e. The Balaban J connectivity index is 1.32. The molecule has 0 atom stereocenters. The van der Waals surface area contributed by atoms with E-state index in [0.717, 1.165) is 27.3 Å². The van der Waals surface area contributed by atoms with Gasteiger partial charge in [-0.05, 0) is 18.2 Å². The molecule has 0 radical (unpaired) electrons. The first-order valence-electron chi connectivity index (χ1n) is 9.92. The number of pyridine rings is 2. The van der Waals surface area contributed by atoms with E-state index >= 15 is 0 Å². The maximum atomic E-state index is 11.7. The minimum atomic E-state index is -3.15. The van der Waals surface area contributed by atoms with E-state index in [1.807, 2.05) is 24.3 Å². The van der Waals surface area contributed by atoms with E-state index in [4.69, 9.17) is 0 Å². The summed E-state index contributed by atoms with van der Waals surface area (Å²) in [6.45, 7) is 2.21. The standard InChI is InChI=1S/C20H20N8O2S2/c1-32(29,30)28-8-6-27(7-9-28)15-4-5-23-18(10-15)26-20-25-17-3-2-16(24-19(17)31-20)14-11-21-13-22-12-14/h2-5,10-13H,6-9H2,1H3,(H,23,25,26). The van der Waals surface area contributed by atoms with Gasteiger partial charge in [-0.3, -0.25) is 0 Å².